The van der Waals surface area contributed by atoms with Crippen LogP contribution in [0, 0.1) is 0 Å². The first-order valence-electron chi connectivity index (χ1n) is 6.44. The van der Waals surface area contributed by atoms with Crippen LogP contribution in [-0.4, -0.2) is 19.6 Å². The van der Waals surface area contributed by atoms with Gasteiger partial charge in [-0.3, -0.25) is 4.79 Å². The third-order valence-corrected chi connectivity index (χ3v) is 3.83. The van der Waals surface area contributed by atoms with E-state index in [0.29, 0.717) is 6.42 Å². The number of carbonyl (C=O) groups excluding carboxylic acids is 1. The first-order chi connectivity index (χ1) is 9.70. The molecule has 20 heavy (non-hydrogen) atoms. The number of ether oxygens (including phenoxy) is 1. The minimum absolute atomic E-state index is 0.262. The number of benzene rings is 1. The topological polar surface area (TPSA) is 55.6 Å². The van der Waals surface area contributed by atoms with Gasteiger partial charge in [0.15, 0.2) is 0 Å². The molecule has 0 aliphatic carbocycles. The molecule has 0 saturated carbocycles. The van der Waals surface area contributed by atoms with Gasteiger partial charge in [0.1, 0.15) is 5.75 Å². The third-order valence-electron chi connectivity index (χ3n) is 2.94. The van der Waals surface area contributed by atoms with Gasteiger partial charge in [-0.15, -0.1) is 11.3 Å². The van der Waals surface area contributed by atoms with Crippen molar-refractivity contribution in [1.29, 1.82) is 0 Å². The number of amides is 1. The highest BCUT2D eigenvalue weighted by atomic mass is 32.1. The number of anilines is 2. The smallest absolute Gasteiger partial charge is 0.217 e. The van der Waals surface area contributed by atoms with Gasteiger partial charge >= 0.3 is 0 Å². The van der Waals surface area contributed by atoms with Crippen LogP contribution in [0.4, 0.5) is 10.7 Å². The molecule has 0 saturated heterocycles. The number of nitrogens with zero attached hydrogens (tertiary/aromatic N) is 1. The molecule has 106 valence electrons. The van der Waals surface area contributed by atoms with Gasteiger partial charge in [-0.1, -0.05) is 6.07 Å². The molecule has 0 aliphatic rings. The maximum absolute atomic E-state index is 10.9. The number of nitrogens with two attached hydrogens (primary N) is 1. The zero-order valence-corrected chi connectivity index (χ0v) is 12.2. The Labute approximate surface area is 122 Å². The Balaban J connectivity index is 2.19. The Hall–Kier alpha value is -2.01. The summed E-state index contributed by atoms with van der Waals surface area (Å²) in [6.07, 6.45) is 1.12. The number of hydrogen-bond donors (Lipinski definition) is 1. The van der Waals surface area contributed by atoms with Gasteiger partial charge in [0.2, 0.25) is 5.91 Å². The van der Waals surface area contributed by atoms with Crippen molar-refractivity contribution in [2.24, 2.45) is 5.73 Å². The monoisotopic (exact) mass is 290 g/mol. The van der Waals surface area contributed by atoms with Crippen molar-refractivity contribution in [1.82, 2.24) is 0 Å². The molecular formula is C15H18N2O2S. The van der Waals surface area contributed by atoms with Crippen molar-refractivity contribution in [3.63, 3.8) is 0 Å². The molecule has 0 fully saturated rings. The summed E-state index contributed by atoms with van der Waals surface area (Å²) in [6.45, 7) is 0.747. The number of methoxy groups -OCH3 is 1. The minimum Gasteiger partial charge on any atom is -0.497 e. The van der Waals surface area contributed by atoms with Crippen LogP contribution in [0.1, 0.15) is 12.8 Å². The molecule has 5 heteroatoms. The van der Waals surface area contributed by atoms with E-state index in [1.807, 2.05) is 35.7 Å². The second kappa shape index (κ2) is 6.96. The predicted octanol–water partition coefficient (Wildman–Crippen LogP) is 3.16. The molecule has 0 spiro atoms. The number of primary amides is 1. The van der Waals surface area contributed by atoms with E-state index in [0.717, 1.165) is 29.4 Å². The molecule has 0 aliphatic heterocycles. The Bertz CT molecular complexity index is 555. The highest BCUT2D eigenvalue weighted by Gasteiger charge is 2.11. The molecule has 1 amide bonds. The van der Waals surface area contributed by atoms with Crippen LogP contribution in [0.15, 0.2) is 41.8 Å². The molecule has 0 unspecified atom stereocenters. The summed E-state index contributed by atoms with van der Waals surface area (Å²) in [5.74, 6) is 0.556. The van der Waals surface area contributed by atoms with Crippen LogP contribution in [0.3, 0.4) is 0 Å². The molecule has 0 bridgehead atoms. The molecular weight excluding hydrogens is 272 g/mol. The lowest BCUT2D eigenvalue weighted by atomic mass is 10.2. The molecule has 0 radical (unpaired) electrons. The fraction of sp³-hybridized carbons (Fsp3) is 0.267. The van der Waals surface area contributed by atoms with Crippen LogP contribution >= 0.6 is 11.3 Å². The summed E-state index contributed by atoms with van der Waals surface area (Å²) in [5, 5.41) is 3.18. The fourth-order valence-corrected chi connectivity index (χ4v) is 2.76. The van der Waals surface area contributed by atoms with Crippen molar-refractivity contribution in [2.45, 2.75) is 12.8 Å². The molecule has 2 aromatic rings. The maximum Gasteiger partial charge on any atom is 0.217 e. The van der Waals surface area contributed by atoms with E-state index >= 15 is 0 Å². The van der Waals surface area contributed by atoms with Gasteiger partial charge in [0, 0.05) is 24.7 Å². The van der Waals surface area contributed by atoms with Crippen molar-refractivity contribution >= 4 is 27.9 Å². The van der Waals surface area contributed by atoms with Gasteiger partial charge in [-0.25, -0.2) is 0 Å². The third kappa shape index (κ3) is 3.74. The van der Waals surface area contributed by atoms with Gasteiger partial charge in [-0.2, -0.15) is 0 Å². The van der Waals surface area contributed by atoms with Crippen molar-refractivity contribution in [3.05, 3.63) is 41.8 Å². The van der Waals surface area contributed by atoms with Gasteiger partial charge in [0.25, 0.3) is 0 Å². The zero-order chi connectivity index (χ0) is 14.4. The number of rotatable bonds is 7. The second-order valence-electron chi connectivity index (χ2n) is 4.37. The molecule has 1 aromatic heterocycles. The number of carbonyl (C=O) groups is 1. The van der Waals surface area contributed by atoms with E-state index in [1.165, 1.54) is 0 Å². The Morgan fingerprint density at radius 2 is 2.20 bits per heavy atom. The largest absolute Gasteiger partial charge is 0.497 e. The molecule has 1 heterocycles. The van der Waals surface area contributed by atoms with Crippen molar-refractivity contribution in [3.8, 4) is 5.75 Å². The quantitative estimate of drug-likeness (QED) is 0.852. The second-order valence-corrected chi connectivity index (χ2v) is 5.30. The zero-order valence-electron chi connectivity index (χ0n) is 11.4. The van der Waals surface area contributed by atoms with Gasteiger partial charge < -0.3 is 15.4 Å². The summed E-state index contributed by atoms with van der Waals surface area (Å²) in [5.41, 5.74) is 6.26. The van der Waals surface area contributed by atoms with Crippen LogP contribution in [0.25, 0.3) is 0 Å². The van der Waals surface area contributed by atoms with Crippen LogP contribution in [0.2, 0.25) is 0 Å². The fourth-order valence-electron chi connectivity index (χ4n) is 1.98. The van der Waals surface area contributed by atoms with Crippen LogP contribution in [-0.2, 0) is 4.79 Å². The summed E-state index contributed by atoms with van der Waals surface area (Å²) in [6, 6.07) is 12.0. The predicted molar refractivity (Wildman–Crippen MR) is 82.7 cm³/mol. The summed E-state index contributed by atoms with van der Waals surface area (Å²) >= 11 is 1.67. The van der Waals surface area contributed by atoms with E-state index < -0.39 is 0 Å². The molecule has 2 N–H and O–H groups in total. The SMILES string of the molecule is COc1cccc(N(CCCC(N)=O)c2cccs2)c1. The summed E-state index contributed by atoms with van der Waals surface area (Å²) in [7, 11) is 1.65. The lowest BCUT2D eigenvalue weighted by molar-refractivity contribution is -0.118. The standard InChI is InChI=1S/C15H18N2O2S/c1-19-13-6-2-5-12(11-13)17(9-3-7-14(16)18)15-8-4-10-20-15/h2,4-6,8,10-11H,3,7,9H2,1H3,(H2,16,18). The van der Waals surface area contributed by atoms with Crippen LogP contribution in [0.5, 0.6) is 5.75 Å². The van der Waals surface area contributed by atoms with Crippen molar-refractivity contribution < 1.29 is 9.53 Å². The Morgan fingerprint density at radius 3 is 2.85 bits per heavy atom. The van der Waals surface area contributed by atoms with Crippen molar-refractivity contribution in [2.75, 3.05) is 18.6 Å². The Kier molecular flexibility index (Phi) is 5.01. The number of thiophene rings is 1. The summed E-state index contributed by atoms with van der Waals surface area (Å²) in [4.78, 5) is 13.1. The van der Waals surface area contributed by atoms with E-state index in [-0.39, 0.29) is 5.91 Å². The highest BCUT2D eigenvalue weighted by Crippen LogP contribution is 2.31. The average molecular weight is 290 g/mol. The van der Waals surface area contributed by atoms with E-state index in [1.54, 1.807) is 18.4 Å². The normalized spacial score (nSPS) is 10.2. The lowest BCUT2D eigenvalue weighted by Gasteiger charge is -2.23. The van der Waals surface area contributed by atoms with Gasteiger partial charge in [-0.05, 0) is 36.1 Å². The molecule has 1 aromatic carbocycles. The first kappa shape index (κ1) is 14.4. The Morgan fingerprint density at radius 1 is 1.35 bits per heavy atom. The summed E-state index contributed by atoms with van der Waals surface area (Å²) < 4.78 is 5.27. The maximum atomic E-state index is 10.9. The number of hydrogen-bond acceptors (Lipinski definition) is 4. The molecule has 2 rings (SSSR count). The van der Waals surface area contributed by atoms with E-state index in [9.17, 15) is 4.79 Å². The minimum atomic E-state index is -0.262. The van der Waals surface area contributed by atoms with Crippen LogP contribution < -0.4 is 15.4 Å². The molecule has 0 atom stereocenters. The first-order valence-corrected chi connectivity index (χ1v) is 7.32. The van der Waals surface area contributed by atoms with Gasteiger partial charge in [0.05, 0.1) is 12.1 Å². The lowest BCUT2D eigenvalue weighted by Crippen LogP contribution is -2.20. The van der Waals surface area contributed by atoms with E-state index in [4.69, 9.17) is 10.5 Å². The highest BCUT2D eigenvalue weighted by molar-refractivity contribution is 7.14. The average Bonchev–Trinajstić information content (AvgIpc) is 2.97. The van der Waals surface area contributed by atoms with E-state index in [2.05, 4.69) is 11.0 Å². The molecule has 4 nitrogen and oxygen atoms in total.